The molecular formula is C26H34N4O2. The Balaban J connectivity index is 1.57. The molecule has 2 amide bonds. The summed E-state index contributed by atoms with van der Waals surface area (Å²) in [7, 11) is 0. The van der Waals surface area contributed by atoms with Crippen LogP contribution in [0.15, 0.2) is 42.5 Å². The van der Waals surface area contributed by atoms with E-state index in [0.717, 1.165) is 60.4 Å². The molecule has 6 nitrogen and oxygen atoms in total. The molecule has 0 spiro atoms. The van der Waals surface area contributed by atoms with Crippen LogP contribution >= 0.6 is 0 Å². The van der Waals surface area contributed by atoms with Gasteiger partial charge in [0, 0.05) is 39.0 Å². The lowest BCUT2D eigenvalue weighted by molar-refractivity contribution is -0.133. The maximum Gasteiger partial charge on any atom is 0.225 e. The van der Waals surface area contributed by atoms with Crippen LogP contribution in [0.2, 0.25) is 0 Å². The molecule has 2 aromatic carbocycles. The van der Waals surface area contributed by atoms with E-state index in [2.05, 4.69) is 46.6 Å². The fourth-order valence-electron chi connectivity index (χ4n) is 4.45. The van der Waals surface area contributed by atoms with E-state index in [0.29, 0.717) is 19.6 Å². The standard InChI is InChI=1S/C26H34N4O2/c1-19(31)28-24-17-23(10-11-25(24)29-13-2-3-14-29)22-7-4-6-20(16-22)18-30(15-5-12-27)26(32)21-8-9-21/h4,6-7,10-11,16-17,21H,2-3,5,8-9,12-15,18,27H2,1H3,(H,28,31). The van der Waals surface area contributed by atoms with E-state index in [9.17, 15) is 9.59 Å². The molecule has 32 heavy (non-hydrogen) atoms. The fourth-order valence-corrected chi connectivity index (χ4v) is 4.45. The second-order valence-corrected chi connectivity index (χ2v) is 8.98. The molecule has 0 unspecified atom stereocenters. The van der Waals surface area contributed by atoms with E-state index >= 15 is 0 Å². The highest BCUT2D eigenvalue weighted by molar-refractivity contribution is 5.94. The van der Waals surface area contributed by atoms with Gasteiger partial charge in [0.25, 0.3) is 0 Å². The topological polar surface area (TPSA) is 78.7 Å². The quantitative estimate of drug-likeness (QED) is 0.625. The molecular weight excluding hydrogens is 400 g/mol. The summed E-state index contributed by atoms with van der Waals surface area (Å²) in [5, 5.41) is 3.02. The number of benzene rings is 2. The minimum atomic E-state index is -0.0644. The number of hydrogen-bond donors (Lipinski definition) is 2. The van der Waals surface area contributed by atoms with Crippen LogP contribution in [0.3, 0.4) is 0 Å². The highest BCUT2D eigenvalue weighted by atomic mass is 16.2. The highest BCUT2D eigenvalue weighted by Gasteiger charge is 2.33. The molecule has 170 valence electrons. The molecule has 2 aromatic rings. The number of amides is 2. The van der Waals surface area contributed by atoms with Crippen LogP contribution in [-0.4, -0.2) is 42.9 Å². The van der Waals surface area contributed by atoms with Crippen LogP contribution in [0.4, 0.5) is 11.4 Å². The summed E-state index contributed by atoms with van der Waals surface area (Å²) >= 11 is 0. The van der Waals surface area contributed by atoms with Crippen LogP contribution in [0, 0.1) is 5.92 Å². The zero-order valence-electron chi connectivity index (χ0n) is 19.0. The molecule has 2 fully saturated rings. The van der Waals surface area contributed by atoms with Crippen molar-refractivity contribution in [2.75, 3.05) is 36.4 Å². The number of nitrogens with one attached hydrogen (secondary N) is 1. The van der Waals surface area contributed by atoms with Crippen molar-refractivity contribution in [2.24, 2.45) is 11.7 Å². The zero-order valence-corrected chi connectivity index (χ0v) is 19.0. The Kier molecular flexibility index (Phi) is 7.10. The number of anilines is 2. The van der Waals surface area contributed by atoms with Crippen LogP contribution in [0.25, 0.3) is 11.1 Å². The van der Waals surface area contributed by atoms with Gasteiger partial charge in [-0.3, -0.25) is 9.59 Å². The molecule has 0 bridgehead atoms. The van der Waals surface area contributed by atoms with Crippen molar-refractivity contribution >= 4 is 23.2 Å². The average molecular weight is 435 g/mol. The third kappa shape index (κ3) is 5.49. The number of nitrogens with two attached hydrogens (primary N) is 1. The SMILES string of the molecule is CC(=O)Nc1cc(-c2cccc(CN(CCCN)C(=O)C3CC3)c2)ccc1N1CCCC1. The largest absolute Gasteiger partial charge is 0.370 e. The fraction of sp³-hybridized carbons (Fsp3) is 0.462. The summed E-state index contributed by atoms with van der Waals surface area (Å²) < 4.78 is 0. The van der Waals surface area contributed by atoms with Gasteiger partial charge in [0.2, 0.25) is 11.8 Å². The van der Waals surface area contributed by atoms with Gasteiger partial charge >= 0.3 is 0 Å². The van der Waals surface area contributed by atoms with Crippen molar-refractivity contribution in [3.63, 3.8) is 0 Å². The lowest BCUT2D eigenvalue weighted by atomic mass is 10.0. The summed E-state index contributed by atoms with van der Waals surface area (Å²) in [5.74, 6) is 0.395. The molecule has 4 rings (SSSR count). The Labute approximate surface area is 190 Å². The summed E-state index contributed by atoms with van der Waals surface area (Å²) in [6, 6.07) is 14.7. The maximum absolute atomic E-state index is 12.7. The molecule has 0 atom stereocenters. The minimum Gasteiger partial charge on any atom is -0.370 e. The molecule has 1 saturated heterocycles. The monoisotopic (exact) mass is 434 g/mol. The molecule has 0 aromatic heterocycles. The molecule has 1 heterocycles. The van der Waals surface area contributed by atoms with Crippen LogP contribution in [0.1, 0.15) is 44.6 Å². The van der Waals surface area contributed by atoms with Crippen LogP contribution in [0.5, 0.6) is 0 Å². The van der Waals surface area contributed by atoms with Gasteiger partial charge in [0.05, 0.1) is 11.4 Å². The Morgan fingerprint density at radius 3 is 2.53 bits per heavy atom. The number of nitrogens with zero attached hydrogens (tertiary/aromatic N) is 2. The lowest BCUT2D eigenvalue weighted by Crippen LogP contribution is -2.33. The Morgan fingerprint density at radius 2 is 1.84 bits per heavy atom. The molecule has 1 saturated carbocycles. The van der Waals surface area contributed by atoms with Gasteiger partial charge in [-0.05, 0) is 73.5 Å². The normalized spacial score (nSPS) is 15.6. The Morgan fingerprint density at radius 1 is 1.09 bits per heavy atom. The predicted molar refractivity (Wildman–Crippen MR) is 129 cm³/mol. The average Bonchev–Trinajstić information content (AvgIpc) is 3.50. The van der Waals surface area contributed by atoms with Gasteiger partial charge in [0.15, 0.2) is 0 Å². The molecule has 0 radical (unpaired) electrons. The van der Waals surface area contributed by atoms with Crippen molar-refractivity contribution < 1.29 is 9.59 Å². The summed E-state index contributed by atoms with van der Waals surface area (Å²) in [4.78, 5) is 28.9. The number of rotatable bonds is 9. The Hall–Kier alpha value is -2.86. The molecule has 1 aliphatic heterocycles. The van der Waals surface area contributed by atoms with Gasteiger partial charge in [-0.25, -0.2) is 0 Å². The van der Waals surface area contributed by atoms with Crippen LogP contribution < -0.4 is 16.0 Å². The first-order valence-corrected chi connectivity index (χ1v) is 11.8. The van der Waals surface area contributed by atoms with E-state index in [4.69, 9.17) is 5.73 Å². The van der Waals surface area contributed by atoms with E-state index in [1.165, 1.54) is 12.8 Å². The third-order valence-electron chi connectivity index (χ3n) is 6.26. The van der Waals surface area contributed by atoms with E-state index < -0.39 is 0 Å². The molecule has 1 aliphatic carbocycles. The van der Waals surface area contributed by atoms with Crippen molar-refractivity contribution in [1.29, 1.82) is 0 Å². The van der Waals surface area contributed by atoms with Gasteiger partial charge < -0.3 is 20.9 Å². The smallest absolute Gasteiger partial charge is 0.225 e. The molecule has 2 aliphatic rings. The third-order valence-corrected chi connectivity index (χ3v) is 6.26. The highest BCUT2D eigenvalue weighted by Crippen LogP contribution is 2.34. The van der Waals surface area contributed by atoms with Crippen LogP contribution in [-0.2, 0) is 16.1 Å². The second kappa shape index (κ2) is 10.2. The van der Waals surface area contributed by atoms with E-state index in [1.807, 2.05) is 11.0 Å². The van der Waals surface area contributed by atoms with Crippen molar-refractivity contribution in [3.8, 4) is 11.1 Å². The minimum absolute atomic E-state index is 0.0644. The van der Waals surface area contributed by atoms with E-state index in [1.54, 1.807) is 6.92 Å². The van der Waals surface area contributed by atoms with Gasteiger partial charge in [-0.15, -0.1) is 0 Å². The van der Waals surface area contributed by atoms with Crippen molar-refractivity contribution in [2.45, 2.75) is 45.6 Å². The first-order chi connectivity index (χ1) is 15.5. The Bertz CT molecular complexity index is 964. The summed E-state index contributed by atoms with van der Waals surface area (Å²) in [5.41, 5.74) is 10.9. The number of carbonyl (C=O) groups excluding carboxylic acids is 2. The number of carbonyl (C=O) groups is 2. The lowest BCUT2D eigenvalue weighted by Gasteiger charge is -2.23. The first kappa shape index (κ1) is 22.3. The van der Waals surface area contributed by atoms with Gasteiger partial charge in [-0.2, -0.15) is 0 Å². The first-order valence-electron chi connectivity index (χ1n) is 11.8. The maximum atomic E-state index is 12.7. The van der Waals surface area contributed by atoms with Gasteiger partial charge in [0.1, 0.15) is 0 Å². The number of hydrogen-bond acceptors (Lipinski definition) is 4. The van der Waals surface area contributed by atoms with Crippen molar-refractivity contribution in [1.82, 2.24) is 4.90 Å². The van der Waals surface area contributed by atoms with Gasteiger partial charge in [-0.1, -0.05) is 24.3 Å². The zero-order chi connectivity index (χ0) is 22.5. The molecule has 6 heteroatoms. The van der Waals surface area contributed by atoms with E-state index in [-0.39, 0.29) is 17.7 Å². The predicted octanol–water partition coefficient (Wildman–Crippen LogP) is 4.00. The second-order valence-electron chi connectivity index (χ2n) is 8.98. The van der Waals surface area contributed by atoms with Crippen molar-refractivity contribution in [3.05, 3.63) is 48.0 Å². The summed E-state index contributed by atoms with van der Waals surface area (Å²) in [6.45, 7) is 5.49. The molecule has 3 N–H and O–H groups in total. The summed E-state index contributed by atoms with van der Waals surface area (Å²) in [6.07, 6.45) is 5.20.